The van der Waals surface area contributed by atoms with E-state index < -0.39 is 11.9 Å². The monoisotopic (exact) mass is 487 g/mol. The minimum atomic E-state index is -0.624. The fraction of sp³-hybridized carbons (Fsp3) is 0.296. The molecule has 2 aromatic carbocycles. The summed E-state index contributed by atoms with van der Waals surface area (Å²) in [7, 11) is 0. The Morgan fingerprint density at radius 2 is 2.00 bits per heavy atom. The Labute approximate surface area is 207 Å². The van der Waals surface area contributed by atoms with Crippen molar-refractivity contribution in [3.63, 3.8) is 0 Å². The highest BCUT2D eigenvalue weighted by molar-refractivity contribution is 7.09. The molecular formula is C27H25N3O4S. The summed E-state index contributed by atoms with van der Waals surface area (Å²) in [6.45, 7) is 2.31. The zero-order chi connectivity index (χ0) is 24.5. The number of aromatic nitrogens is 1. The molecule has 1 N–H and O–H groups in total. The molecule has 7 nitrogen and oxygen atoms in total. The fourth-order valence-electron chi connectivity index (χ4n) is 4.72. The molecule has 1 atom stereocenters. The van der Waals surface area contributed by atoms with E-state index in [1.54, 1.807) is 17.4 Å². The van der Waals surface area contributed by atoms with Gasteiger partial charge in [0.15, 0.2) is 0 Å². The van der Waals surface area contributed by atoms with Crippen LogP contribution in [0, 0.1) is 6.92 Å². The van der Waals surface area contributed by atoms with Crippen LogP contribution < -0.4 is 5.32 Å². The highest BCUT2D eigenvalue weighted by Crippen LogP contribution is 2.29. The lowest BCUT2D eigenvalue weighted by molar-refractivity contribution is -0.137. The largest absolute Gasteiger partial charge is 0.322 e. The van der Waals surface area contributed by atoms with Crippen molar-refractivity contribution in [2.24, 2.45) is 0 Å². The number of imide groups is 1. The summed E-state index contributed by atoms with van der Waals surface area (Å²) in [6, 6.07) is 12.9. The molecule has 0 radical (unpaired) electrons. The van der Waals surface area contributed by atoms with Gasteiger partial charge in [0.1, 0.15) is 11.8 Å². The Balaban J connectivity index is 1.20. The van der Waals surface area contributed by atoms with Crippen LogP contribution in [0.3, 0.4) is 0 Å². The van der Waals surface area contributed by atoms with Gasteiger partial charge in [0.2, 0.25) is 11.8 Å². The summed E-state index contributed by atoms with van der Waals surface area (Å²) in [4.78, 5) is 55.3. The minimum absolute atomic E-state index is 0.151. The number of rotatable bonds is 7. The van der Waals surface area contributed by atoms with Gasteiger partial charge < -0.3 is 4.90 Å². The van der Waals surface area contributed by atoms with E-state index in [4.69, 9.17) is 0 Å². The number of fused-ring (bicyclic) bond motifs is 1. The van der Waals surface area contributed by atoms with Gasteiger partial charge in [0.05, 0.1) is 10.7 Å². The number of piperidine rings is 1. The first-order valence-corrected chi connectivity index (χ1v) is 12.5. The van der Waals surface area contributed by atoms with E-state index in [0.29, 0.717) is 37.8 Å². The molecule has 3 heterocycles. The van der Waals surface area contributed by atoms with Crippen LogP contribution >= 0.6 is 11.3 Å². The van der Waals surface area contributed by atoms with E-state index >= 15 is 0 Å². The number of thiazole rings is 1. The van der Waals surface area contributed by atoms with Crippen molar-refractivity contribution in [3.05, 3.63) is 75.1 Å². The second kappa shape index (κ2) is 9.54. The Morgan fingerprint density at radius 3 is 2.77 bits per heavy atom. The SMILES string of the molecule is Cc1nc(-c2cccc(CC(=O)CCc3ccc4c(c3)CN(C3CCC(=O)NC3=O)C4=O)c2)cs1. The summed E-state index contributed by atoms with van der Waals surface area (Å²) >= 11 is 1.61. The average molecular weight is 488 g/mol. The second-order valence-electron chi connectivity index (χ2n) is 9.06. The molecule has 5 rings (SSSR count). The van der Waals surface area contributed by atoms with E-state index in [1.165, 1.54) is 4.90 Å². The normalized spacial score (nSPS) is 17.5. The summed E-state index contributed by atoms with van der Waals surface area (Å²) < 4.78 is 0. The van der Waals surface area contributed by atoms with Crippen LogP contribution in [0.4, 0.5) is 0 Å². The molecule has 178 valence electrons. The highest BCUT2D eigenvalue weighted by atomic mass is 32.1. The van der Waals surface area contributed by atoms with E-state index in [0.717, 1.165) is 33.0 Å². The maximum absolute atomic E-state index is 12.8. The first kappa shape index (κ1) is 23.1. The van der Waals surface area contributed by atoms with Gasteiger partial charge in [0.25, 0.3) is 5.91 Å². The molecule has 35 heavy (non-hydrogen) atoms. The van der Waals surface area contributed by atoms with Crippen molar-refractivity contribution in [1.29, 1.82) is 0 Å². The van der Waals surface area contributed by atoms with Gasteiger partial charge >= 0.3 is 0 Å². The standard InChI is InChI=1S/C27H25N3O4S/c1-16-28-23(15-35-16)19-4-2-3-18(12-19)13-21(31)7-5-17-6-8-22-20(11-17)14-30(27(22)34)24-9-10-25(32)29-26(24)33/h2-4,6,8,11-12,15,24H,5,7,9-10,13-14H2,1H3,(H,29,32,33). The van der Waals surface area contributed by atoms with Gasteiger partial charge in [-0.15, -0.1) is 11.3 Å². The van der Waals surface area contributed by atoms with Crippen molar-refractivity contribution in [2.45, 2.75) is 51.6 Å². The molecule has 0 spiro atoms. The number of benzene rings is 2. The molecule has 3 aromatic rings. The van der Waals surface area contributed by atoms with Crippen LogP contribution in [-0.4, -0.2) is 39.4 Å². The van der Waals surface area contributed by atoms with Crippen molar-refractivity contribution in [2.75, 3.05) is 0 Å². The molecular weight excluding hydrogens is 462 g/mol. The second-order valence-corrected chi connectivity index (χ2v) is 10.1. The quantitative estimate of drug-likeness (QED) is 0.514. The van der Waals surface area contributed by atoms with Crippen molar-refractivity contribution < 1.29 is 19.2 Å². The van der Waals surface area contributed by atoms with Gasteiger partial charge in [-0.1, -0.05) is 30.3 Å². The Hall–Kier alpha value is -3.65. The topological polar surface area (TPSA) is 96.4 Å². The minimum Gasteiger partial charge on any atom is -0.322 e. The predicted molar refractivity (Wildman–Crippen MR) is 132 cm³/mol. The third kappa shape index (κ3) is 4.93. The van der Waals surface area contributed by atoms with Crippen LogP contribution in [0.5, 0.6) is 0 Å². The lowest BCUT2D eigenvalue weighted by Crippen LogP contribution is -2.52. The van der Waals surface area contributed by atoms with Gasteiger partial charge in [-0.25, -0.2) is 4.98 Å². The van der Waals surface area contributed by atoms with Crippen LogP contribution in [-0.2, 0) is 33.8 Å². The molecule has 1 aromatic heterocycles. The lowest BCUT2D eigenvalue weighted by Gasteiger charge is -2.29. The third-order valence-corrected chi connectivity index (χ3v) is 7.30. The van der Waals surface area contributed by atoms with Gasteiger partial charge in [-0.05, 0) is 48.6 Å². The number of ketones is 1. The van der Waals surface area contributed by atoms with Crippen LogP contribution in [0.2, 0.25) is 0 Å². The van der Waals surface area contributed by atoms with E-state index in [1.807, 2.05) is 48.7 Å². The summed E-state index contributed by atoms with van der Waals surface area (Å²) in [5.41, 5.74) is 5.35. The molecule has 8 heteroatoms. The molecule has 1 fully saturated rings. The number of nitrogens with zero attached hydrogens (tertiary/aromatic N) is 2. The number of hydrogen-bond donors (Lipinski definition) is 1. The van der Waals surface area contributed by atoms with E-state index in [2.05, 4.69) is 10.3 Å². The van der Waals surface area contributed by atoms with Gasteiger partial charge in [-0.3, -0.25) is 24.5 Å². The first-order valence-electron chi connectivity index (χ1n) is 11.7. The van der Waals surface area contributed by atoms with Crippen LogP contribution in [0.15, 0.2) is 47.8 Å². The van der Waals surface area contributed by atoms with E-state index in [9.17, 15) is 19.2 Å². The molecule has 1 saturated heterocycles. The van der Waals surface area contributed by atoms with Crippen LogP contribution in [0.25, 0.3) is 11.3 Å². The highest BCUT2D eigenvalue weighted by Gasteiger charge is 2.39. The first-order chi connectivity index (χ1) is 16.9. The number of Topliss-reactive ketones (excluding diaryl/α,β-unsaturated/α-hetero) is 1. The third-order valence-electron chi connectivity index (χ3n) is 6.52. The summed E-state index contributed by atoms with van der Waals surface area (Å²) in [6.07, 6.45) is 1.93. The molecule has 1 unspecified atom stereocenters. The number of aryl methyl sites for hydroxylation is 2. The number of carbonyl (C=O) groups excluding carboxylic acids is 4. The zero-order valence-electron chi connectivity index (χ0n) is 19.4. The molecule has 0 saturated carbocycles. The average Bonchev–Trinajstić information content (AvgIpc) is 3.41. The van der Waals surface area contributed by atoms with Crippen molar-refractivity contribution in [3.8, 4) is 11.3 Å². The molecule has 2 aliphatic rings. The Kier molecular flexibility index (Phi) is 6.30. The number of amides is 3. The van der Waals surface area contributed by atoms with Gasteiger partial charge in [0, 0.05) is 42.3 Å². The summed E-state index contributed by atoms with van der Waals surface area (Å²) in [5, 5.41) is 5.35. The van der Waals surface area contributed by atoms with Crippen molar-refractivity contribution >= 4 is 34.8 Å². The smallest absolute Gasteiger partial charge is 0.255 e. The number of carbonyl (C=O) groups is 4. The molecule has 0 bridgehead atoms. The van der Waals surface area contributed by atoms with Gasteiger partial charge in [-0.2, -0.15) is 0 Å². The zero-order valence-corrected chi connectivity index (χ0v) is 20.2. The molecule has 3 amide bonds. The van der Waals surface area contributed by atoms with Crippen LogP contribution in [0.1, 0.15) is 51.3 Å². The predicted octanol–water partition coefficient (Wildman–Crippen LogP) is 3.62. The van der Waals surface area contributed by atoms with E-state index in [-0.39, 0.29) is 24.0 Å². The number of nitrogens with one attached hydrogen (secondary N) is 1. The summed E-state index contributed by atoms with van der Waals surface area (Å²) in [5.74, 6) is -0.750. The maximum atomic E-state index is 12.8. The Morgan fingerprint density at radius 1 is 1.14 bits per heavy atom. The fourth-order valence-corrected chi connectivity index (χ4v) is 5.34. The molecule has 0 aliphatic carbocycles. The molecule has 2 aliphatic heterocycles. The Bertz CT molecular complexity index is 1350. The number of hydrogen-bond acceptors (Lipinski definition) is 6. The lowest BCUT2D eigenvalue weighted by atomic mass is 9.99. The van der Waals surface area contributed by atoms with Crippen molar-refractivity contribution in [1.82, 2.24) is 15.2 Å². The maximum Gasteiger partial charge on any atom is 0.255 e.